The largest absolute Gasteiger partial charge is 0.372 e. The first-order valence-corrected chi connectivity index (χ1v) is 12.7. The summed E-state index contributed by atoms with van der Waals surface area (Å²) in [5, 5.41) is 12.8. The van der Waals surface area contributed by atoms with E-state index in [2.05, 4.69) is 42.0 Å². The van der Waals surface area contributed by atoms with Crippen molar-refractivity contribution in [2.24, 2.45) is 0 Å². The molecule has 5 rings (SSSR count). The highest BCUT2D eigenvalue weighted by atomic mass is 32.2. The minimum absolute atomic E-state index is 0.000548. The van der Waals surface area contributed by atoms with Crippen LogP contribution in [-0.4, -0.2) is 52.6 Å². The minimum Gasteiger partial charge on any atom is -0.372 e. The van der Waals surface area contributed by atoms with Crippen LogP contribution in [0.3, 0.4) is 0 Å². The maximum Gasteiger partial charge on any atom is 0.234 e. The fourth-order valence-electron chi connectivity index (χ4n) is 4.56. The summed E-state index contributed by atoms with van der Waals surface area (Å²) in [5.74, 6) is 1.34. The predicted molar refractivity (Wildman–Crippen MR) is 126 cm³/mol. The molecule has 8 heteroatoms. The molecule has 7 nitrogen and oxygen atoms in total. The molecule has 0 spiro atoms. The van der Waals surface area contributed by atoms with Gasteiger partial charge in [-0.2, -0.15) is 0 Å². The Bertz CT molecular complexity index is 880. The van der Waals surface area contributed by atoms with E-state index in [1.165, 1.54) is 68.8 Å². The van der Waals surface area contributed by atoms with Crippen molar-refractivity contribution in [3.8, 4) is 0 Å². The first kappa shape index (κ1) is 20.7. The number of amides is 1. The van der Waals surface area contributed by atoms with Crippen molar-refractivity contribution < 1.29 is 4.79 Å². The van der Waals surface area contributed by atoms with Crippen LogP contribution in [0.15, 0.2) is 29.4 Å². The minimum atomic E-state index is 0.000548. The molecule has 1 aromatic heterocycles. The second-order valence-corrected chi connectivity index (χ2v) is 9.81. The fraction of sp³-hybridized carbons (Fsp3) is 0.609. The van der Waals surface area contributed by atoms with E-state index in [1.807, 2.05) is 12.1 Å². The van der Waals surface area contributed by atoms with Crippen LogP contribution in [0.4, 0.5) is 17.3 Å². The van der Waals surface area contributed by atoms with Gasteiger partial charge in [0, 0.05) is 43.6 Å². The third-order valence-corrected chi connectivity index (χ3v) is 7.35. The van der Waals surface area contributed by atoms with Crippen LogP contribution < -0.4 is 15.1 Å². The van der Waals surface area contributed by atoms with E-state index in [9.17, 15) is 4.79 Å². The van der Waals surface area contributed by atoms with Gasteiger partial charge < -0.3 is 15.1 Å². The standard InChI is InChI=1S/C23H32N6OS/c30-21(24-18-7-9-19(10-8-18)27-13-3-1-2-4-14-27)17-31-23-26-25-22(28-15-5-6-16-28)29(23)20-11-12-20/h7-10,20H,1-6,11-17H2,(H,24,30). The van der Waals surface area contributed by atoms with Gasteiger partial charge in [-0.15, -0.1) is 10.2 Å². The quantitative estimate of drug-likeness (QED) is 0.647. The zero-order valence-electron chi connectivity index (χ0n) is 18.1. The number of carbonyl (C=O) groups excluding carboxylic acids is 1. The van der Waals surface area contributed by atoms with Crippen molar-refractivity contribution >= 4 is 35.0 Å². The van der Waals surface area contributed by atoms with E-state index in [1.54, 1.807) is 0 Å². The van der Waals surface area contributed by atoms with Crippen LogP contribution in [0.5, 0.6) is 0 Å². The van der Waals surface area contributed by atoms with Crippen LogP contribution in [0.1, 0.15) is 57.4 Å². The van der Waals surface area contributed by atoms with Crippen molar-refractivity contribution in [3.05, 3.63) is 24.3 Å². The zero-order valence-corrected chi connectivity index (χ0v) is 18.9. The van der Waals surface area contributed by atoms with E-state index in [4.69, 9.17) is 0 Å². The first-order valence-electron chi connectivity index (χ1n) is 11.8. The molecular formula is C23H32N6OS. The Morgan fingerprint density at radius 1 is 0.903 bits per heavy atom. The summed E-state index contributed by atoms with van der Waals surface area (Å²) in [5.41, 5.74) is 2.10. The number of hydrogen-bond donors (Lipinski definition) is 1. The van der Waals surface area contributed by atoms with E-state index >= 15 is 0 Å². The van der Waals surface area contributed by atoms with Gasteiger partial charge in [-0.1, -0.05) is 24.6 Å². The van der Waals surface area contributed by atoms with Crippen LogP contribution in [0.2, 0.25) is 0 Å². The highest BCUT2D eigenvalue weighted by Crippen LogP contribution is 2.41. The van der Waals surface area contributed by atoms with Gasteiger partial charge in [0.1, 0.15) is 0 Å². The summed E-state index contributed by atoms with van der Waals surface area (Å²) in [4.78, 5) is 17.4. The molecule has 3 aliphatic rings. The van der Waals surface area contributed by atoms with E-state index in [0.29, 0.717) is 11.8 Å². The van der Waals surface area contributed by atoms with E-state index in [0.717, 1.165) is 43.0 Å². The maximum atomic E-state index is 12.6. The van der Waals surface area contributed by atoms with Gasteiger partial charge in [0.05, 0.1) is 5.75 Å². The normalized spacial score (nSPS) is 19.5. The van der Waals surface area contributed by atoms with Gasteiger partial charge in [0.25, 0.3) is 0 Å². The smallest absolute Gasteiger partial charge is 0.234 e. The number of hydrogen-bond acceptors (Lipinski definition) is 6. The zero-order chi connectivity index (χ0) is 21.0. The Morgan fingerprint density at radius 2 is 1.55 bits per heavy atom. The Morgan fingerprint density at radius 3 is 2.23 bits per heavy atom. The predicted octanol–water partition coefficient (Wildman–Crippen LogP) is 4.32. The molecule has 1 aromatic carbocycles. The summed E-state index contributed by atoms with van der Waals surface area (Å²) in [6.45, 7) is 4.37. The molecule has 1 saturated carbocycles. The second-order valence-electron chi connectivity index (χ2n) is 8.86. The Balaban J connectivity index is 1.17. The first-order chi connectivity index (χ1) is 15.3. The summed E-state index contributed by atoms with van der Waals surface area (Å²) in [7, 11) is 0. The molecule has 1 N–H and O–H groups in total. The molecule has 3 fully saturated rings. The maximum absolute atomic E-state index is 12.6. The number of carbonyl (C=O) groups is 1. The average molecular weight is 441 g/mol. The molecule has 0 radical (unpaired) electrons. The third kappa shape index (κ3) is 5.00. The van der Waals surface area contributed by atoms with Gasteiger partial charge in [0.15, 0.2) is 5.16 Å². The van der Waals surface area contributed by atoms with Crippen LogP contribution >= 0.6 is 11.8 Å². The molecule has 1 amide bonds. The number of anilines is 3. The molecule has 0 atom stereocenters. The van der Waals surface area contributed by atoms with Gasteiger partial charge in [-0.05, 0) is 62.8 Å². The lowest BCUT2D eigenvalue weighted by Crippen LogP contribution is -2.23. The Labute approximate surface area is 188 Å². The molecule has 166 valence electrons. The SMILES string of the molecule is O=C(CSc1nnc(N2CCCC2)n1C1CC1)Nc1ccc(N2CCCCCC2)cc1. The fourth-order valence-corrected chi connectivity index (χ4v) is 5.37. The molecular weight excluding hydrogens is 408 g/mol. The van der Waals surface area contributed by atoms with Crippen molar-refractivity contribution in [3.63, 3.8) is 0 Å². The Hall–Kier alpha value is -2.22. The highest BCUT2D eigenvalue weighted by molar-refractivity contribution is 7.99. The van der Waals surface area contributed by atoms with Gasteiger partial charge in [-0.25, -0.2) is 0 Å². The molecule has 2 saturated heterocycles. The van der Waals surface area contributed by atoms with Crippen LogP contribution in [-0.2, 0) is 4.79 Å². The average Bonchev–Trinajstić information content (AvgIpc) is 3.41. The molecule has 2 aliphatic heterocycles. The van der Waals surface area contributed by atoms with Crippen molar-refractivity contribution in [2.45, 2.75) is 62.6 Å². The van der Waals surface area contributed by atoms with Crippen molar-refractivity contribution in [2.75, 3.05) is 47.0 Å². The topological polar surface area (TPSA) is 66.3 Å². The van der Waals surface area contributed by atoms with Crippen LogP contribution in [0, 0.1) is 0 Å². The summed E-state index contributed by atoms with van der Waals surface area (Å²) < 4.78 is 2.26. The molecule has 0 bridgehead atoms. The molecule has 2 aromatic rings. The van der Waals surface area contributed by atoms with E-state index < -0.39 is 0 Å². The third-order valence-electron chi connectivity index (χ3n) is 6.40. The lowest BCUT2D eigenvalue weighted by Gasteiger charge is -2.22. The summed E-state index contributed by atoms with van der Waals surface area (Å²) >= 11 is 1.49. The van der Waals surface area contributed by atoms with Gasteiger partial charge >= 0.3 is 0 Å². The second kappa shape index (κ2) is 9.51. The lowest BCUT2D eigenvalue weighted by atomic mass is 10.2. The van der Waals surface area contributed by atoms with Gasteiger partial charge in [0.2, 0.25) is 11.9 Å². The number of rotatable bonds is 7. The number of benzene rings is 1. The number of aromatic nitrogens is 3. The highest BCUT2D eigenvalue weighted by Gasteiger charge is 2.32. The number of thioether (sulfide) groups is 1. The lowest BCUT2D eigenvalue weighted by molar-refractivity contribution is -0.113. The number of nitrogens with one attached hydrogen (secondary N) is 1. The molecule has 0 unspecified atom stereocenters. The van der Waals surface area contributed by atoms with Gasteiger partial charge in [-0.3, -0.25) is 9.36 Å². The Kier molecular flexibility index (Phi) is 6.34. The summed E-state index contributed by atoms with van der Waals surface area (Å²) in [6.07, 6.45) is 10.00. The van der Waals surface area contributed by atoms with Crippen LogP contribution in [0.25, 0.3) is 0 Å². The van der Waals surface area contributed by atoms with E-state index in [-0.39, 0.29) is 5.91 Å². The summed E-state index contributed by atoms with van der Waals surface area (Å²) in [6, 6.07) is 8.78. The van der Waals surface area contributed by atoms with Crippen molar-refractivity contribution in [1.82, 2.24) is 14.8 Å². The van der Waals surface area contributed by atoms with Crippen molar-refractivity contribution in [1.29, 1.82) is 0 Å². The molecule has 3 heterocycles. The number of nitrogens with zero attached hydrogens (tertiary/aromatic N) is 5. The molecule has 1 aliphatic carbocycles. The molecule has 31 heavy (non-hydrogen) atoms. The monoisotopic (exact) mass is 440 g/mol.